The fraction of sp³-hybridized carbons (Fsp3) is 0.492. The van der Waals surface area contributed by atoms with Gasteiger partial charge in [-0.2, -0.15) is 13.0 Å². The van der Waals surface area contributed by atoms with E-state index >= 15 is 0 Å². The minimum atomic E-state index is -4.39. The Kier molecular flexibility index (Phi) is 17.6. The van der Waals surface area contributed by atoms with Gasteiger partial charge in [-0.1, -0.05) is 64.1 Å². The van der Waals surface area contributed by atoms with E-state index in [0.717, 1.165) is 76.9 Å². The molecule has 0 saturated carbocycles. The highest BCUT2D eigenvalue weighted by Gasteiger charge is 2.55. The van der Waals surface area contributed by atoms with Gasteiger partial charge in [0.2, 0.25) is 23.2 Å². The molecule has 6 aliphatic heterocycles. The quantitative estimate of drug-likeness (QED) is 0.0426. The lowest BCUT2D eigenvalue weighted by Gasteiger charge is -2.42. The van der Waals surface area contributed by atoms with Crippen LogP contribution in [-0.4, -0.2) is 135 Å². The number of anilines is 1. The van der Waals surface area contributed by atoms with E-state index in [1.54, 1.807) is 51.1 Å². The molecule has 20 heteroatoms. The van der Waals surface area contributed by atoms with Crippen molar-refractivity contribution in [3.63, 3.8) is 0 Å². The maximum absolute atomic E-state index is 14.3. The zero-order valence-electron chi connectivity index (χ0n) is 49.1. The third-order valence-corrected chi connectivity index (χ3v) is 18.3. The molecule has 83 heavy (non-hydrogen) atoms. The number of Topliss-reactive ketones (excluding diaryl/α,β-unsaturated/α-hetero) is 1. The maximum atomic E-state index is 14.3. The summed E-state index contributed by atoms with van der Waals surface area (Å²) in [6.45, 7) is 17.8. The SMILES string of the molecule is CO[C@H]1C[C@H](C)CC2=C(NCCCCNC(=O)Cc3ccc4c(c3)C(C)(C)C3=C5C=C6C7=[N+](CCC6OC5CCN34)c3ccc(S(=O)(=O)O)cc3C7(C)C)C(=O)C=C(NC(=O)/C(C)=C/C=C\[C@@H](OC)[C@@H](OC(N)=O)/C(C)=C/[C@H](C)[C@H]1O)C2=O. The van der Waals surface area contributed by atoms with Crippen molar-refractivity contribution < 1.29 is 65.6 Å². The summed E-state index contributed by atoms with van der Waals surface area (Å²) in [4.78, 5) is 69.4. The summed E-state index contributed by atoms with van der Waals surface area (Å²) in [5, 5.41) is 20.5. The van der Waals surface area contributed by atoms with Crippen molar-refractivity contribution >= 4 is 56.7 Å². The monoisotopic (exact) mass is 1160 g/mol. The number of nitrogens with two attached hydrogens (primary N) is 1. The average molecular weight is 1160 g/mol. The second kappa shape index (κ2) is 24.0. The number of carbonyl (C=O) groups is 5. The van der Waals surface area contributed by atoms with E-state index in [1.807, 2.05) is 13.0 Å². The number of rotatable bonds is 12. The number of primary amides is 1. The minimum Gasteiger partial charge on any atom is -0.439 e. The molecule has 2 aromatic rings. The largest absolute Gasteiger partial charge is 0.439 e. The molecule has 3 amide bonds. The molecule has 9 rings (SSSR count). The summed E-state index contributed by atoms with van der Waals surface area (Å²) >= 11 is 0. The molecule has 2 aromatic carbocycles. The number of unbranched alkanes of at least 4 members (excludes halogenated alkanes) is 1. The summed E-state index contributed by atoms with van der Waals surface area (Å²) in [5.74, 6) is -2.54. The molecule has 2 unspecified atom stereocenters. The van der Waals surface area contributed by atoms with Gasteiger partial charge < -0.3 is 50.6 Å². The molecule has 0 saturated heterocycles. The topological polar surface area (TPSA) is 265 Å². The predicted molar refractivity (Wildman–Crippen MR) is 312 cm³/mol. The number of fused-ring (bicyclic) bond motifs is 10. The third kappa shape index (κ3) is 12.1. The lowest BCUT2D eigenvalue weighted by atomic mass is 9.74. The molecular formula is C63H79N6O13S+. The van der Waals surface area contributed by atoms with E-state index in [0.29, 0.717) is 37.9 Å². The fourth-order valence-corrected chi connectivity index (χ4v) is 13.8. The highest BCUT2D eigenvalue weighted by Crippen LogP contribution is 2.54. The van der Waals surface area contributed by atoms with Crippen LogP contribution in [0, 0.1) is 11.8 Å². The molecule has 0 aromatic heterocycles. The van der Waals surface area contributed by atoms with Gasteiger partial charge >= 0.3 is 6.09 Å². The van der Waals surface area contributed by atoms with Crippen LogP contribution in [0.1, 0.15) is 111 Å². The maximum Gasteiger partial charge on any atom is 0.405 e. The van der Waals surface area contributed by atoms with Gasteiger partial charge in [-0.15, -0.1) is 0 Å². The summed E-state index contributed by atoms with van der Waals surface area (Å²) < 4.78 is 60.5. The second-order valence-corrected chi connectivity index (χ2v) is 25.5. The number of amides is 3. The number of benzene rings is 2. The summed E-state index contributed by atoms with van der Waals surface area (Å²) in [7, 11) is -1.48. The van der Waals surface area contributed by atoms with Crippen LogP contribution in [0.4, 0.5) is 16.2 Å². The number of ketones is 2. The number of nitrogens with zero attached hydrogens (tertiary/aromatic N) is 2. The van der Waals surface area contributed by atoms with Crippen molar-refractivity contribution in [3.8, 4) is 0 Å². The van der Waals surface area contributed by atoms with Crippen LogP contribution in [0.5, 0.6) is 0 Å². The molecule has 7 aliphatic rings. The number of hydrogen-bond acceptors (Lipinski definition) is 14. The zero-order chi connectivity index (χ0) is 60.0. The molecule has 2 bridgehead atoms. The Balaban J connectivity index is 0.851. The molecule has 0 fully saturated rings. The van der Waals surface area contributed by atoms with Crippen LogP contribution < -0.4 is 26.6 Å². The molecule has 444 valence electrons. The Morgan fingerprint density at radius 2 is 1.70 bits per heavy atom. The number of hydrogen-bond donors (Lipinski definition) is 6. The minimum absolute atomic E-state index is 0.0907. The van der Waals surface area contributed by atoms with Crippen molar-refractivity contribution in [3.05, 3.63) is 135 Å². The number of ether oxygens (including phenoxy) is 4. The van der Waals surface area contributed by atoms with E-state index in [2.05, 4.69) is 71.3 Å². The van der Waals surface area contributed by atoms with Crippen LogP contribution in [0.15, 0.2) is 123 Å². The second-order valence-electron chi connectivity index (χ2n) is 24.1. The standard InChI is InChI=1S/C63H78N6O13S/c1-34-26-42-54(48(70)33-45(56(42)73)67-60(74)35(2)14-13-15-51(79-9)57(82-61(64)75)37(4)28-36(3)55(72)52(27-34)80-10)66-23-12-11-22-65-53(71)30-38-16-18-46-43(29-38)62(5,6)58-40-32-41-50(81-49(40)20-24-68(46)58)21-25-69-47-19-17-39(83(76,77)78)31-44(47)63(7,8)59(41)69/h13-19,28-29,31-34,36,49-52,55,57,72H,11-12,20-27,30H2,1-10H3,(H5-,64,65,66,67,70,71,73,74,75,76,77,78)/p+1/b15-13-,35-14+,37-28+/t34-,36+,49?,50?,51-,52+,55-,57+/m1/s1. The Bertz CT molecular complexity index is 3400. The Morgan fingerprint density at radius 1 is 0.952 bits per heavy atom. The van der Waals surface area contributed by atoms with Crippen molar-refractivity contribution in [2.75, 3.05) is 45.3 Å². The Hall–Kier alpha value is -6.81. The van der Waals surface area contributed by atoms with E-state index in [4.69, 9.17) is 24.7 Å². The lowest BCUT2D eigenvalue weighted by Crippen LogP contribution is -2.47. The molecule has 1 aliphatic carbocycles. The van der Waals surface area contributed by atoms with Gasteiger partial charge in [-0.3, -0.25) is 23.7 Å². The first-order valence-electron chi connectivity index (χ1n) is 28.6. The van der Waals surface area contributed by atoms with Gasteiger partial charge in [-0.25, -0.2) is 4.79 Å². The number of aliphatic hydroxyl groups is 1. The van der Waals surface area contributed by atoms with Crippen LogP contribution in [-0.2, 0) is 65.5 Å². The van der Waals surface area contributed by atoms with Crippen molar-refractivity contribution in [2.24, 2.45) is 17.6 Å². The average Bonchev–Trinajstić information content (AvgIpc) is 1.73. The Labute approximate surface area is 486 Å². The summed E-state index contributed by atoms with van der Waals surface area (Å²) in [5.41, 5.74) is 14.7. The molecule has 7 N–H and O–H groups in total. The van der Waals surface area contributed by atoms with E-state index in [1.165, 1.54) is 32.1 Å². The fourth-order valence-electron chi connectivity index (χ4n) is 13.3. The van der Waals surface area contributed by atoms with E-state index < -0.39 is 74.8 Å². The molecular weight excluding hydrogens is 1080 g/mol. The number of nitrogens with one attached hydrogen (secondary N) is 3. The van der Waals surface area contributed by atoms with Gasteiger partial charge in [0.15, 0.2) is 18.4 Å². The van der Waals surface area contributed by atoms with Gasteiger partial charge in [0.25, 0.3) is 16.0 Å². The number of aliphatic hydroxyl groups excluding tert-OH is 1. The molecule has 8 atom stereocenters. The highest BCUT2D eigenvalue weighted by atomic mass is 32.2. The van der Waals surface area contributed by atoms with E-state index in [9.17, 15) is 42.0 Å². The Morgan fingerprint density at radius 3 is 2.41 bits per heavy atom. The lowest BCUT2D eigenvalue weighted by molar-refractivity contribution is -0.445. The highest BCUT2D eigenvalue weighted by molar-refractivity contribution is 7.85. The predicted octanol–water partition coefficient (Wildman–Crippen LogP) is 6.67. The zero-order valence-corrected chi connectivity index (χ0v) is 49.9. The number of carbonyl (C=O) groups excluding carboxylic acids is 5. The van der Waals surface area contributed by atoms with Crippen molar-refractivity contribution in [1.82, 2.24) is 16.0 Å². The number of allylic oxidation sites excluding steroid dienone is 5. The summed E-state index contributed by atoms with van der Waals surface area (Å²) in [6, 6.07) is 11.1. The normalized spacial score (nSPS) is 28.6. The first kappa shape index (κ1) is 60.8. The van der Waals surface area contributed by atoms with Gasteiger partial charge in [-0.05, 0) is 107 Å². The van der Waals surface area contributed by atoms with Gasteiger partial charge in [0.05, 0.1) is 52.5 Å². The molecule has 0 radical (unpaired) electrons. The first-order valence-corrected chi connectivity index (χ1v) is 30.1. The van der Waals surface area contributed by atoms with Crippen LogP contribution in [0.25, 0.3) is 0 Å². The molecule has 6 heterocycles. The van der Waals surface area contributed by atoms with Crippen LogP contribution >= 0.6 is 0 Å². The van der Waals surface area contributed by atoms with Crippen LogP contribution in [0.3, 0.4) is 0 Å². The van der Waals surface area contributed by atoms with Crippen molar-refractivity contribution in [1.29, 1.82) is 0 Å². The van der Waals surface area contributed by atoms with Crippen LogP contribution in [0.2, 0.25) is 0 Å². The smallest absolute Gasteiger partial charge is 0.405 e. The van der Waals surface area contributed by atoms with E-state index in [-0.39, 0.29) is 64.3 Å². The number of methoxy groups -OCH3 is 2. The summed E-state index contributed by atoms with van der Waals surface area (Å²) in [6.07, 6.45) is 8.40. The van der Waals surface area contributed by atoms with Gasteiger partial charge in [0.1, 0.15) is 6.10 Å². The molecule has 0 spiro atoms. The van der Waals surface area contributed by atoms with Crippen molar-refractivity contribution in [2.45, 2.75) is 153 Å². The third-order valence-electron chi connectivity index (χ3n) is 17.5. The van der Waals surface area contributed by atoms with Gasteiger partial charge in [0, 0.05) is 103 Å². The molecule has 19 nitrogen and oxygen atoms in total. The first-order chi connectivity index (χ1) is 39.2.